The third kappa shape index (κ3) is 3.30. The summed E-state index contributed by atoms with van der Waals surface area (Å²) >= 11 is 0. The number of hydrogen-bond acceptors (Lipinski definition) is 2. The van der Waals surface area contributed by atoms with Crippen molar-refractivity contribution in [2.45, 2.75) is 31.7 Å². The summed E-state index contributed by atoms with van der Waals surface area (Å²) < 4.78 is 0. The van der Waals surface area contributed by atoms with Gasteiger partial charge >= 0.3 is 0 Å². The molecule has 2 rings (SSSR count). The zero-order chi connectivity index (χ0) is 12.1. The van der Waals surface area contributed by atoms with Crippen LogP contribution in [0.3, 0.4) is 0 Å². The number of benzene rings is 1. The van der Waals surface area contributed by atoms with Crippen LogP contribution in [0.1, 0.15) is 24.8 Å². The second-order valence-corrected chi connectivity index (χ2v) is 4.73. The van der Waals surface area contributed by atoms with Gasteiger partial charge in [-0.1, -0.05) is 30.3 Å². The minimum atomic E-state index is -0.0299. The molecule has 2 atom stereocenters. The normalized spacial score (nSPS) is 25.1. The fourth-order valence-corrected chi connectivity index (χ4v) is 2.39. The molecule has 1 amide bonds. The molecule has 3 N–H and O–H groups in total. The van der Waals surface area contributed by atoms with Crippen molar-refractivity contribution >= 4 is 5.91 Å². The Hall–Kier alpha value is -1.35. The van der Waals surface area contributed by atoms with Crippen LogP contribution in [0.4, 0.5) is 0 Å². The van der Waals surface area contributed by atoms with Gasteiger partial charge in [-0.2, -0.15) is 0 Å². The number of rotatable bonds is 3. The van der Waals surface area contributed by atoms with Crippen LogP contribution in [0, 0.1) is 5.92 Å². The Bertz CT molecular complexity index is 364. The van der Waals surface area contributed by atoms with Crippen LogP contribution in [-0.4, -0.2) is 18.5 Å². The molecule has 1 aliphatic rings. The van der Waals surface area contributed by atoms with Crippen LogP contribution in [0.15, 0.2) is 30.3 Å². The molecule has 1 aromatic carbocycles. The fourth-order valence-electron chi connectivity index (χ4n) is 2.39. The number of hydrogen-bond donors (Lipinski definition) is 2. The van der Waals surface area contributed by atoms with E-state index >= 15 is 0 Å². The highest BCUT2D eigenvalue weighted by atomic mass is 16.1. The minimum Gasteiger partial charge on any atom is -0.356 e. The van der Waals surface area contributed by atoms with Gasteiger partial charge in [0.15, 0.2) is 0 Å². The molecule has 1 aliphatic heterocycles. The summed E-state index contributed by atoms with van der Waals surface area (Å²) in [5.41, 5.74) is 7.35. The first-order valence-corrected chi connectivity index (χ1v) is 6.34. The Kier molecular flexibility index (Phi) is 4.15. The zero-order valence-electron chi connectivity index (χ0n) is 10.1. The molecule has 92 valence electrons. The van der Waals surface area contributed by atoms with Crippen molar-refractivity contribution in [2.75, 3.05) is 6.54 Å². The lowest BCUT2D eigenvalue weighted by Crippen LogP contribution is -2.39. The molecule has 0 aromatic heterocycles. The minimum absolute atomic E-state index is 0.0150. The van der Waals surface area contributed by atoms with Gasteiger partial charge < -0.3 is 11.1 Å². The third-order valence-corrected chi connectivity index (χ3v) is 3.45. The Balaban J connectivity index is 1.94. The smallest absolute Gasteiger partial charge is 0.224 e. The lowest BCUT2D eigenvalue weighted by atomic mass is 9.91. The number of carbonyl (C=O) groups is 1. The van der Waals surface area contributed by atoms with Gasteiger partial charge in [-0.05, 0) is 31.2 Å². The summed E-state index contributed by atoms with van der Waals surface area (Å²) in [5.74, 6) is 0.101. The maximum Gasteiger partial charge on any atom is 0.224 e. The molecule has 0 radical (unpaired) electrons. The van der Waals surface area contributed by atoms with E-state index in [1.165, 1.54) is 5.56 Å². The molecule has 3 nitrogen and oxygen atoms in total. The summed E-state index contributed by atoms with van der Waals surface area (Å²) in [6.07, 6.45) is 3.70. The number of carbonyl (C=O) groups excluding carboxylic acids is 1. The van der Waals surface area contributed by atoms with Crippen molar-refractivity contribution in [3.8, 4) is 0 Å². The Morgan fingerprint density at radius 1 is 1.29 bits per heavy atom. The van der Waals surface area contributed by atoms with E-state index in [-0.39, 0.29) is 17.9 Å². The van der Waals surface area contributed by atoms with Crippen molar-refractivity contribution in [3.63, 3.8) is 0 Å². The maximum absolute atomic E-state index is 11.9. The summed E-state index contributed by atoms with van der Waals surface area (Å²) in [7, 11) is 0. The van der Waals surface area contributed by atoms with Crippen molar-refractivity contribution < 1.29 is 4.79 Å². The molecular formula is C14H20N2O. The Morgan fingerprint density at radius 2 is 2.06 bits per heavy atom. The van der Waals surface area contributed by atoms with Crippen LogP contribution in [0.5, 0.6) is 0 Å². The van der Waals surface area contributed by atoms with E-state index in [0.717, 1.165) is 32.2 Å². The molecular weight excluding hydrogens is 212 g/mol. The van der Waals surface area contributed by atoms with Crippen LogP contribution in [-0.2, 0) is 11.2 Å². The molecule has 3 heteroatoms. The average molecular weight is 232 g/mol. The summed E-state index contributed by atoms with van der Waals surface area (Å²) in [5, 5.41) is 2.94. The molecule has 1 saturated heterocycles. The van der Waals surface area contributed by atoms with Gasteiger partial charge in [0.25, 0.3) is 0 Å². The van der Waals surface area contributed by atoms with Crippen LogP contribution in [0.25, 0.3) is 0 Å². The van der Waals surface area contributed by atoms with Gasteiger partial charge in [0.1, 0.15) is 0 Å². The lowest BCUT2D eigenvalue weighted by Gasteiger charge is -2.19. The topological polar surface area (TPSA) is 55.1 Å². The first kappa shape index (κ1) is 12.1. The van der Waals surface area contributed by atoms with E-state index in [0.29, 0.717) is 0 Å². The number of nitrogens with two attached hydrogens (primary N) is 1. The first-order chi connectivity index (χ1) is 8.27. The van der Waals surface area contributed by atoms with Gasteiger partial charge in [-0.15, -0.1) is 0 Å². The zero-order valence-corrected chi connectivity index (χ0v) is 10.1. The molecule has 1 unspecified atom stereocenters. The van der Waals surface area contributed by atoms with Crippen LogP contribution >= 0.6 is 0 Å². The number of amides is 1. The second-order valence-electron chi connectivity index (χ2n) is 4.73. The van der Waals surface area contributed by atoms with Crippen LogP contribution in [0.2, 0.25) is 0 Å². The van der Waals surface area contributed by atoms with E-state index in [1.54, 1.807) is 0 Å². The Labute approximate surface area is 102 Å². The number of nitrogens with one attached hydrogen (secondary N) is 1. The predicted octanol–water partition coefficient (Wildman–Crippen LogP) is 1.47. The fraction of sp³-hybridized carbons (Fsp3) is 0.500. The molecule has 17 heavy (non-hydrogen) atoms. The molecule has 1 fully saturated rings. The maximum atomic E-state index is 11.9. The van der Waals surface area contributed by atoms with Gasteiger partial charge in [0, 0.05) is 12.6 Å². The highest BCUT2D eigenvalue weighted by Gasteiger charge is 2.27. The van der Waals surface area contributed by atoms with E-state index in [2.05, 4.69) is 17.4 Å². The molecule has 0 aliphatic carbocycles. The highest BCUT2D eigenvalue weighted by molar-refractivity contribution is 5.79. The second kappa shape index (κ2) is 5.82. The van der Waals surface area contributed by atoms with E-state index in [4.69, 9.17) is 5.73 Å². The summed E-state index contributed by atoms with van der Waals surface area (Å²) in [6, 6.07) is 10.3. The van der Waals surface area contributed by atoms with E-state index in [9.17, 15) is 4.79 Å². The standard InChI is InChI=1S/C14H20N2O/c15-13-7-4-10-16-14(17)12(13)9-8-11-5-2-1-3-6-11/h1-3,5-6,12-13H,4,7-10,15H2,(H,16,17)/t12?,13-/m0/s1. The van der Waals surface area contributed by atoms with Gasteiger partial charge in [-0.3, -0.25) is 4.79 Å². The first-order valence-electron chi connectivity index (χ1n) is 6.34. The van der Waals surface area contributed by atoms with Crippen molar-refractivity contribution in [2.24, 2.45) is 11.7 Å². The predicted molar refractivity (Wildman–Crippen MR) is 68.5 cm³/mol. The molecule has 0 spiro atoms. The van der Waals surface area contributed by atoms with Crippen LogP contribution < -0.4 is 11.1 Å². The monoisotopic (exact) mass is 232 g/mol. The van der Waals surface area contributed by atoms with Crippen molar-refractivity contribution in [1.29, 1.82) is 0 Å². The molecule has 1 heterocycles. The van der Waals surface area contributed by atoms with E-state index in [1.807, 2.05) is 18.2 Å². The Morgan fingerprint density at radius 3 is 2.82 bits per heavy atom. The SMILES string of the molecule is N[C@H]1CCCNC(=O)C1CCc1ccccc1. The van der Waals surface area contributed by atoms with Gasteiger partial charge in [0.2, 0.25) is 5.91 Å². The van der Waals surface area contributed by atoms with Crippen molar-refractivity contribution in [3.05, 3.63) is 35.9 Å². The van der Waals surface area contributed by atoms with Gasteiger partial charge in [0.05, 0.1) is 5.92 Å². The average Bonchev–Trinajstić information content (AvgIpc) is 2.50. The molecule has 0 bridgehead atoms. The molecule has 0 saturated carbocycles. The highest BCUT2D eigenvalue weighted by Crippen LogP contribution is 2.18. The quantitative estimate of drug-likeness (QED) is 0.829. The summed E-state index contributed by atoms with van der Waals surface area (Å²) in [4.78, 5) is 11.9. The molecule has 1 aromatic rings. The van der Waals surface area contributed by atoms with E-state index < -0.39 is 0 Å². The summed E-state index contributed by atoms with van der Waals surface area (Å²) in [6.45, 7) is 0.772. The van der Waals surface area contributed by atoms with Gasteiger partial charge in [-0.25, -0.2) is 0 Å². The lowest BCUT2D eigenvalue weighted by molar-refractivity contribution is -0.125. The number of aryl methyl sites for hydroxylation is 1. The third-order valence-electron chi connectivity index (χ3n) is 3.45. The van der Waals surface area contributed by atoms with Crippen molar-refractivity contribution in [1.82, 2.24) is 5.32 Å². The largest absolute Gasteiger partial charge is 0.356 e.